The van der Waals surface area contributed by atoms with E-state index in [0.717, 1.165) is 54.9 Å². The minimum atomic E-state index is -0.394. The van der Waals surface area contributed by atoms with E-state index in [-0.39, 0.29) is 11.9 Å². The monoisotopic (exact) mass is 404 g/mol. The van der Waals surface area contributed by atoms with Crippen molar-refractivity contribution in [1.29, 1.82) is 0 Å². The van der Waals surface area contributed by atoms with Crippen molar-refractivity contribution in [2.75, 3.05) is 46.6 Å². The zero-order valence-electron chi connectivity index (χ0n) is 17.4. The van der Waals surface area contributed by atoms with Crippen molar-refractivity contribution in [2.45, 2.75) is 50.8 Å². The van der Waals surface area contributed by atoms with Crippen LogP contribution >= 0.6 is 0 Å². The molecule has 1 amide bonds. The molecule has 2 fully saturated rings. The van der Waals surface area contributed by atoms with Crippen LogP contribution in [0.1, 0.15) is 43.4 Å². The third-order valence-corrected chi connectivity index (χ3v) is 5.82. The van der Waals surface area contributed by atoms with Crippen LogP contribution in [0.3, 0.4) is 0 Å². The molecule has 2 atom stereocenters. The van der Waals surface area contributed by atoms with Gasteiger partial charge in [0.1, 0.15) is 6.10 Å². The molecular formula is C22H32N2O5. The van der Waals surface area contributed by atoms with Crippen LogP contribution in [0.15, 0.2) is 12.1 Å². The molecule has 2 aliphatic heterocycles. The third kappa shape index (κ3) is 4.68. The van der Waals surface area contributed by atoms with Crippen molar-refractivity contribution in [3.05, 3.63) is 23.3 Å². The first-order valence-corrected chi connectivity index (χ1v) is 10.7. The number of carbonyl (C=O) groups excluding carboxylic acids is 1. The van der Waals surface area contributed by atoms with E-state index in [9.17, 15) is 4.79 Å². The summed E-state index contributed by atoms with van der Waals surface area (Å²) in [6.07, 6.45) is 3.42. The molecule has 160 valence electrons. The summed E-state index contributed by atoms with van der Waals surface area (Å²) in [7, 11) is 1.69. The Hall–Kier alpha value is -1.83. The van der Waals surface area contributed by atoms with Crippen LogP contribution in [0, 0.1) is 0 Å². The van der Waals surface area contributed by atoms with Crippen molar-refractivity contribution < 1.29 is 23.7 Å². The number of benzene rings is 1. The maximum absolute atomic E-state index is 13.2. The fraction of sp³-hybridized carbons (Fsp3) is 0.682. The second kappa shape index (κ2) is 9.32. The number of hydrogen-bond acceptors (Lipinski definition) is 6. The van der Waals surface area contributed by atoms with Gasteiger partial charge in [0.05, 0.1) is 25.9 Å². The lowest BCUT2D eigenvalue weighted by Crippen LogP contribution is -2.50. The van der Waals surface area contributed by atoms with Gasteiger partial charge in [-0.2, -0.15) is 0 Å². The number of morpholine rings is 1. The maximum atomic E-state index is 13.2. The number of rotatable bonds is 9. The van der Waals surface area contributed by atoms with E-state index in [4.69, 9.17) is 18.9 Å². The fourth-order valence-corrected chi connectivity index (χ4v) is 4.12. The Bertz CT molecular complexity index is 715. The Morgan fingerprint density at radius 1 is 1.31 bits per heavy atom. The summed E-state index contributed by atoms with van der Waals surface area (Å²) in [4.78, 5) is 15.3. The molecule has 1 aliphatic carbocycles. The number of nitrogens with one attached hydrogen (secondary N) is 1. The smallest absolute Gasteiger partial charge is 0.253 e. The molecule has 1 unspecified atom stereocenters. The topological polar surface area (TPSA) is 69.3 Å². The van der Waals surface area contributed by atoms with Crippen LogP contribution in [0.4, 0.5) is 0 Å². The van der Waals surface area contributed by atoms with Gasteiger partial charge in [-0.1, -0.05) is 0 Å². The van der Waals surface area contributed by atoms with Gasteiger partial charge in [-0.05, 0) is 37.5 Å². The Balaban J connectivity index is 1.54. The average Bonchev–Trinajstić information content (AvgIpc) is 3.46. The molecule has 1 saturated heterocycles. The van der Waals surface area contributed by atoms with Gasteiger partial charge in [-0.25, -0.2) is 0 Å². The Morgan fingerprint density at radius 3 is 2.90 bits per heavy atom. The number of fused-ring (bicyclic) bond motifs is 1. The lowest BCUT2D eigenvalue weighted by atomic mass is 10.0. The first-order valence-electron chi connectivity index (χ1n) is 10.7. The van der Waals surface area contributed by atoms with E-state index in [1.165, 1.54) is 0 Å². The highest BCUT2D eigenvalue weighted by molar-refractivity contribution is 5.82. The largest absolute Gasteiger partial charge is 0.490 e. The minimum Gasteiger partial charge on any atom is -0.490 e. The summed E-state index contributed by atoms with van der Waals surface area (Å²) in [5.41, 5.74) is 2.26. The highest BCUT2D eigenvalue weighted by Crippen LogP contribution is 2.41. The zero-order valence-corrected chi connectivity index (χ0v) is 17.4. The molecule has 7 nitrogen and oxygen atoms in total. The number of carbonyl (C=O) groups is 1. The van der Waals surface area contributed by atoms with E-state index >= 15 is 0 Å². The summed E-state index contributed by atoms with van der Waals surface area (Å²) < 4.78 is 22.7. The van der Waals surface area contributed by atoms with Gasteiger partial charge in [0.25, 0.3) is 5.91 Å². The van der Waals surface area contributed by atoms with E-state index in [2.05, 4.69) is 18.3 Å². The number of methoxy groups -OCH3 is 1. The average molecular weight is 405 g/mol. The van der Waals surface area contributed by atoms with Crippen LogP contribution in [0.2, 0.25) is 0 Å². The summed E-state index contributed by atoms with van der Waals surface area (Å²) in [6, 6.07) is 4.49. The maximum Gasteiger partial charge on any atom is 0.253 e. The summed E-state index contributed by atoms with van der Waals surface area (Å²) in [5, 5.41) is 3.27. The first-order chi connectivity index (χ1) is 14.2. The van der Waals surface area contributed by atoms with Gasteiger partial charge in [0.15, 0.2) is 11.5 Å². The predicted octanol–water partition coefficient (Wildman–Crippen LogP) is 2.08. The second-order valence-corrected chi connectivity index (χ2v) is 8.02. The molecule has 0 spiro atoms. The highest BCUT2D eigenvalue weighted by atomic mass is 16.5. The molecule has 4 rings (SSSR count). The molecular weight excluding hydrogens is 372 g/mol. The van der Waals surface area contributed by atoms with Gasteiger partial charge >= 0.3 is 0 Å². The van der Waals surface area contributed by atoms with Crippen LogP contribution in [0.5, 0.6) is 11.5 Å². The Labute approximate surface area is 172 Å². The standard InChI is InChI=1S/C22H32N2O5/c1-15(24(18-4-5-18)22(25)20-14-23-7-11-28-20)17-12-16-6-10-29-21(16)19(13-17)27-9-3-8-26-2/h12-13,15,18,20,23H,3-11,14H2,1-2H3/t15?,20-/m1/s1. The predicted molar refractivity (Wildman–Crippen MR) is 109 cm³/mol. The van der Waals surface area contributed by atoms with Gasteiger partial charge in [-0.15, -0.1) is 0 Å². The fourth-order valence-electron chi connectivity index (χ4n) is 4.12. The van der Waals surface area contributed by atoms with Crippen molar-refractivity contribution in [3.8, 4) is 11.5 Å². The lowest BCUT2D eigenvalue weighted by Gasteiger charge is -2.34. The Kier molecular flexibility index (Phi) is 6.57. The third-order valence-electron chi connectivity index (χ3n) is 5.82. The van der Waals surface area contributed by atoms with E-state index in [1.54, 1.807) is 7.11 Å². The van der Waals surface area contributed by atoms with Gasteiger partial charge < -0.3 is 29.2 Å². The van der Waals surface area contributed by atoms with E-state index in [1.807, 2.05) is 11.0 Å². The normalized spacial score (nSPS) is 21.9. The highest BCUT2D eigenvalue weighted by Gasteiger charge is 2.40. The molecule has 0 aromatic heterocycles. The molecule has 7 heteroatoms. The number of ether oxygens (including phenoxy) is 4. The van der Waals surface area contributed by atoms with Crippen LogP contribution < -0.4 is 14.8 Å². The summed E-state index contributed by atoms with van der Waals surface area (Å²) >= 11 is 0. The lowest BCUT2D eigenvalue weighted by molar-refractivity contribution is -0.148. The van der Waals surface area contributed by atoms with Crippen molar-refractivity contribution >= 4 is 5.91 Å². The molecule has 1 N–H and O–H groups in total. The molecule has 1 aromatic carbocycles. The second-order valence-electron chi connectivity index (χ2n) is 8.02. The van der Waals surface area contributed by atoms with Crippen LogP contribution in [-0.4, -0.2) is 69.6 Å². The number of nitrogens with zero attached hydrogens (tertiary/aromatic N) is 1. The van der Waals surface area contributed by atoms with E-state index in [0.29, 0.717) is 39.0 Å². The van der Waals surface area contributed by atoms with Crippen LogP contribution in [-0.2, 0) is 20.7 Å². The van der Waals surface area contributed by atoms with Gasteiger partial charge in [0.2, 0.25) is 0 Å². The zero-order chi connectivity index (χ0) is 20.2. The van der Waals surface area contributed by atoms with Crippen molar-refractivity contribution in [3.63, 3.8) is 0 Å². The van der Waals surface area contributed by atoms with Crippen LogP contribution in [0.25, 0.3) is 0 Å². The Morgan fingerprint density at radius 2 is 2.17 bits per heavy atom. The molecule has 0 radical (unpaired) electrons. The summed E-state index contributed by atoms with van der Waals surface area (Å²) in [6.45, 7) is 6.00. The molecule has 1 aromatic rings. The number of amides is 1. The molecule has 3 aliphatic rings. The quantitative estimate of drug-likeness (QED) is 0.636. The molecule has 1 saturated carbocycles. The number of hydrogen-bond donors (Lipinski definition) is 1. The molecule has 29 heavy (non-hydrogen) atoms. The van der Waals surface area contributed by atoms with E-state index < -0.39 is 6.10 Å². The first kappa shape index (κ1) is 20.4. The van der Waals surface area contributed by atoms with Gasteiger partial charge in [-0.3, -0.25) is 4.79 Å². The van der Waals surface area contributed by atoms with Crippen molar-refractivity contribution in [1.82, 2.24) is 10.2 Å². The van der Waals surface area contributed by atoms with Crippen molar-refractivity contribution in [2.24, 2.45) is 0 Å². The summed E-state index contributed by atoms with van der Waals surface area (Å²) in [5.74, 6) is 1.71. The minimum absolute atomic E-state index is 0.0345. The molecule has 0 bridgehead atoms. The SMILES string of the molecule is COCCCOc1cc(C(C)N(C(=O)[C@H]2CNCCO2)C2CC2)cc2c1OCC2. The van der Waals surface area contributed by atoms with Gasteiger partial charge in [0, 0.05) is 51.3 Å². The molecule has 2 heterocycles.